The molecule has 0 aromatic carbocycles. The van der Waals surface area contributed by atoms with Crippen LogP contribution in [-0.4, -0.2) is 140 Å². The molecular formula is C34H52O10S8. The Morgan fingerprint density at radius 1 is 0.385 bits per heavy atom. The molecule has 18 heteroatoms. The van der Waals surface area contributed by atoms with Crippen molar-refractivity contribution in [3.63, 3.8) is 0 Å². The van der Waals surface area contributed by atoms with Crippen LogP contribution in [0.25, 0.3) is 0 Å². The summed E-state index contributed by atoms with van der Waals surface area (Å²) in [6.07, 6.45) is 6.92. The van der Waals surface area contributed by atoms with Crippen LogP contribution in [0.2, 0.25) is 0 Å². The highest BCUT2D eigenvalue weighted by Gasteiger charge is 2.34. The van der Waals surface area contributed by atoms with Gasteiger partial charge >= 0.3 is 0 Å². The van der Waals surface area contributed by atoms with Crippen molar-refractivity contribution in [1.29, 1.82) is 0 Å². The molecule has 10 nitrogen and oxygen atoms in total. The maximum absolute atomic E-state index is 6.18. The van der Waals surface area contributed by atoms with E-state index in [2.05, 4.69) is 0 Å². The summed E-state index contributed by atoms with van der Waals surface area (Å²) in [7, 11) is 0. The molecule has 2 fully saturated rings. The van der Waals surface area contributed by atoms with Crippen LogP contribution in [0.5, 0.6) is 0 Å². The number of ether oxygens (including phenoxy) is 10. The SMILES string of the molecule is C1CCC(OCCOCCOCCOC2CSC3=C(SC2)SC(=C2SC4=C(SCC(OCCOCCOCCOC5CCCCO5)CS4)S2)S3)OC1. The summed E-state index contributed by atoms with van der Waals surface area (Å²) in [6, 6.07) is 0. The summed E-state index contributed by atoms with van der Waals surface area (Å²) in [5, 5.41) is 0. The molecule has 0 amide bonds. The van der Waals surface area contributed by atoms with E-state index >= 15 is 0 Å². The number of thioether (sulfide) groups is 8. The van der Waals surface area contributed by atoms with Crippen molar-refractivity contribution < 1.29 is 47.4 Å². The van der Waals surface area contributed by atoms with Gasteiger partial charge in [-0.2, -0.15) is 0 Å². The van der Waals surface area contributed by atoms with Gasteiger partial charge < -0.3 is 47.4 Å². The third-order valence-corrected chi connectivity index (χ3v) is 20.2. The van der Waals surface area contributed by atoms with E-state index < -0.39 is 0 Å². The maximum Gasteiger partial charge on any atom is 0.157 e. The summed E-state index contributed by atoms with van der Waals surface area (Å²) in [5.74, 6) is 3.90. The Balaban J connectivity index is 0.748. The fraction of sp³-hybridized carbons (Fsp3) is 0.824. The first-order valence-corrected chi connectivity index (χ1v) is 25.5. The molecule has 2 atom stereocenters. The summed E-state index contributed by atoms with van der Waals surface area (Å²) >= 11 is 15.5. The Kier molecular flexibility index (Phi) is 21.5. The van der Waals surface area contributed by atoms with Gasteiger partial charge in [0.05, 0.1) is 117 Å². The fourth-order valence-corrected chi connectivity index (χ4v) is 17.8. The second-order valence-corrected chi connectivity index (χ2v) is 21.9. The van der Waals surface area contributed by atoms with Crippen LogP contribution < -0.4 is 0 Å². The normalized spacial score (nSPS) is 25.2. The van der Waals surface area contributed by atoms with E-state index in [1.807, 2.05) is 94.1 Å². The lowest BCUT2D eigenvalue weighted by molar-refractivity contribution is -0.169. The molecule has 6 rings (SSSR count). The molecule has 6 heterocycles. The highest BCUT2D eigenvalue weighted by Crippen LogP contribution is 2.67. The van der Waals surface area contributed by atoms with E-state index in [-0.39, 0.29) is 24.8 Å². The molecule has 6 aliphatic heterocycles. The van der Waals surface area contributed by atoms with Gasteiger partial charge in [-0.3, -0.25) is 0 Å². The van der Waals surface area contributed by atoms with Crippen molar-refractivity contribution in [2.75, 3.05) is 116 Å². The first kappa shape index (κ1) is 43.2. The Morgan fingerprint density at radius 2 is 0.712 bits per heavy atom. The van der Waals surface area contributed by atoms with Crippen molar-refractivity contribution in [2.45, 2.75) is 63.3 Å². The van der Waals surface area contributed by atoms with Crippen molar-refractivity contribution >= 4 is 94.1 Å². The average molecular weight is 877 g/mol. The van der Waals surface area contributed by atoms with Gasteiger partial charge in [0.1, 0.15) is 0 Å². The minimum atomic E-state index is -0.0564. The average Bonchev–Trinajstić information content (AvgIpc) is 3.67. The minimum absolute atomic E-state index is 0.0564. The van der Waals surface area contributed by atoms with Crippen molar-refractivity contribution in [1.82, 2.24) is 0 Å². The lowest BCUT2D eigenvalue weighted by Gasteiger charge is -2.22. The first-order chi connectivity index (χ1) is 25.8. The zero-order valence-corrected chi connectivity index (χ0v) is 36.2. The highest BCUT2D eigenvalue weighted by atomic mass is 32.3. The van der Waals surface area contributed by atoms with Crippen molar-refractivity contribution in [3.05, 3.63) is 25.4 Å². The molecule has 0 saturated carbocycles. The van der Waals surface area contributed by atoms with Crippen LogP contribution in [0, 0.1) is 0 Å². The van der Waals surface area contributed by atoms with E-state index in [0.29, 0.717) is 79.3 Å². The summed E-state index contributed by atoms with van der Waals surface area (Å²) < 4.78 is 66.1. The molecule has 0 aromatic rings. The smallest absolute Gasteiger partial charge is 0.157 e. The van der Waals surface area contributed by atoms with Gasteiger partial charge in [-0.05, 0) is 38.5 Å². The quantitative estimate of drug-likeness (QED) is 0.0978. The van der Waals surface area contributed by atoms with Crippen LogP contribution in [0.1, 0.15) is 38.5 Å². The lowest BCUT2D eigenvalue weighted by atomic mass is 10.2. The summed E-state index contributed by atoms with van der Waals surface area (Å²) in [6.45, 7) is 8.51. The van der Waals surface area contributed by atoms with Crippen molar-refractivity contribution in [2.24, 2.45) is 0 Å². The van der Waals surface area contributed by atoms with Crippen molar-refractivity contribution in [3.8, 4) is 0 Å². The number of rotatable bonds is 22. The molecule has 0 aliphatic carbocycles. The maximum atomic E-state index is 6.18. The van der Waals surface area contributed by atoms with Gasteiger partial charge in [0.25, 0.3) is 0 Å². The van der Waals surface area contributed by atoms with E-state index in [1.54, 1.807) is 0 Å². The molecule has 0 bridgehead atoms. The van der Waals surface area contributed by atoms with Gasteiger partial charge in [-0.1, -0.05) is 47.0 Å². The zero-order chi connectivity index (χ0) is 35.5. The Bertz CT molecular complexity index is 1020. The standard InChI is InChI=1S/C34H52O10S8/c1-3-7-41-27(5-1)43-19-15-37-11-9-35-13-17-39-25-21-45-29-30(46-22-25)50-33(49-29)34-51-31-32(52-34)48-24-26(23-47-31)40-18-14-36-10-12-38-16-20-44-28-6-2-4-8-42-28/h25-28H,1-24H2. The van der Waals surface area contributed by atoms with Gasteiger partial charge in [0, 0.05) is 36.2 Å². The van der Waals surface area contributed by atoms with Crippen LogP contribution in [0.15, 0.2) is 25.4 Å². The number of hydrogen-bond donors (Lipinski definition) is 0. The molecule has 52 heavy (non-hydrogen) atoms. The largest absolute Gasteiger partial charge is 0.377 e. The predicted octanol–water partition coefficient (Wildman–Crippen LogP) is 8.21. The monoisotopic (exact) mass is 876 g/mol. The molecule has 2 saturated heterocycles. The van der Waals surface area contributed by atoms with Gasteiger partial charge in [0.15, 0.2) is 12.6 Å². The second-order valence-electron chi connectivity index (χ2n) is 12.1. The molecule has 0 N–H and O–H groups in total. The second kappa shape index (κ2) is 25.9. The van der Waals surface area contributed by atoms with Crippen LogP contribution in [-0.2, 0) is 47.4 Å². The summed E-state index contributed by atoms with van der Waals surface area (Å²) in [5.41, 5.74) is 0. The summed E-state index contributed by atoms with van der Waals surface area (Å²) in [4.78, 5) is 0. The number of hydrogen-bond acceptors (Lipinski definition) is 18. The third-order valence-electron chi connectivity index (χ3n) is 8.09. The molecule has 296 valence electrons. The van der Waals surface area contributed by atoms with E-state index in [4.69, 9.17) is 47.4 Å². The minimum Gasteiger partial charge on any atom is -0.377 e. The Hall–Kier alpha value is 1.62. The zero-order valence-electron chi connectivity index (χ0n) is 29.6. The highest BCUT2D eigenvalue weighted by molar-refractivity contribution is 8.45. The molecule has 0 radical (unpaired) electrons. The predicted molar refractivity (Wildman–Crippen MR) is 223 cm³/mol. The lowest BCUT2D eigenvalue weighted by Crippen LogP contribution is -2.24. The molecule has 0 spiro atoms. The fourth-order valence-electron chi connectivity index (χ4n) is 5.38. The van der Waals surface area contributed by atoms with Crippen LogP contribution >= 0.6 is 94.1 Å². The third kappa shape index (κ3) is 15.8. The van der Waals surface area contributed by atoms with Gasteiger partial charge in [0.2, 0.25) is 0 Å². The van der Waals surface area contributed by atoms with Crippen LogP contribution in [0.3, 0.4) is 0 Å². The van der Waals surface area contributed by atoms with E-state index in [0.717, 1.165) is 61.9 Å². The molecule has 0 aromatic heterocycles. The Labute approximate surface area is 343 Å². The van der Waals surface area contributed by atoms with E-state index in [1.165, 1.54) is 38.3 Å². The molecule has 2 unspecified atom stereocenters. The Morgan fingerprint density at radius 3 is 1.04 bits per heavy atom. The van der Waals surface area contributed by atoms with Crippen LogP contribution in [0.4, 0.5) is 0 Å². The topological polar surface area (TPSA) is 92.3 Å². The van der Waals surface area contributed by atoms with Gasteiger partial charge in [-0.15, -0.1) is 47.0 Å². The van der Waals surface area contributed by atoms with E-state index in [9.17, 15) is 0 Å². The first-order valence-electron chi connectivity index (χ1n) is 18.3. The van der Waals surface area contributed by atoms with Gasteiger partial charge in [-0.25, -0.2) is 0 Å². The molecular weight excluding hydrogens is 825 g/mol. The molecule has 6 aliphatic rings.